The van der Waals surface area contributed by atoms with Crippen LogP contribution >= 0.6 is 15.9 Å². The first-order chi connectivity index (χ1) is 9.54. The van der Waals surface area contributed by atoms with Crippen molar-refractivity contribution < 1.29 is 14.3 Å². The number of nitrogens with one attached hydrogen (secondary N) is 1. The summed E-state index contributed by atoms with van der Waals surface area (Å²) in [7, 11) is 0. The molecule has 1 aliphatic heterocycles. The molecular formula is C15H11BrFNO2. The molecule has 20 heavy (non-hydrogen) atoms. The summed E-state index contributed by atoms with van der Waals surface area (Å²) >= 11 is 3.08. The van der Waals surface area contributed by atoms with Crippen molar-refractivity contribution in [2.24, 2.45) is 0 Å². The average molecular weight is 336 g/mol. The molecule has 0 radical (unpaired) electrons. The topological polar surface area (TPSA) is 49.3 Å². The van der Waals surface area contributed by atoms with Crippen molar-refractivity contribution in [3.8, 4) is 0 Å². The fourth-order valence-electron chi connectivity index (χ4n) is 2.29. The van der Waals surface area contributed by atoms with Crippen molar-refractivity contribution in [1.29, 1.82) is 0 Å². The quantitative estimate of drug-likeness (QED) is 0.885. The molecule has 2 aromatic carbocycles. The highest BCUT2D eigenvalue weighted by atomic mass is 79.9. The standard InChI is InChI=1S/C15H11BrFNO2/c16-11-3-1-9(6-12(11)17)15(20)8-2-4-13-10(5-8)7-14(19)18-13/h1-6,15,20H,7H2,(H,18,19). The van der Waals surface area contributed by atoms with Gasteiger partial charge in [-0.1, -0.05) is 18.2 Å². The van der Waals surface area contributed by atoms with Crippen LogP contribution in [0.3, 0.4) is 0 Å². The Morgan fingerprint density at radius 2 is 1.90 bits per heavy atom. The van der Waals surface area contributed by atoms with Gasteiger partial charge in [0.25, 0.3) is 0 Å². The predicted octanol–water partition coefficient (Wildman–Crippen LogP) is 3.16. The van der Waals surface area contributed by atoms with Crippen molar-refractivity contribution in [1.82, 2.24) is 0 Å². The van der Waals surface area contributed by atoms with E-state index >= 15 is 0 Å². The van der Waals surface area contributed by atoms with Crippen molar-refractivity contribution in [2.45, 2.75) is 12.5 Å². The molecule has 0 aromatic heterocycles. The number of aliphatic hydroxyl groups excluding tert-OH is 1. The van der Waals surface area contributed by atoms with Gasteiger partial charge < -0.3 is 10.4 Å². The highest BCUT2D eigenvalue weighted by Gasteiger charge is 2.20. The Bertz CT molecular complexity index is 702. The third kappa shape index (κ3) is 2.34. The lowest BCUT2D eigenvalue weighted by molar-refractivity contribution is -0.115. The Labute approximate surface area is 123 Å². The molecule has 3 nitrogen and oxygen atoms in total. The first-order valence-electron chi connectivity index (χ1n) is 6.10. The van der Waals surface area contributed by atoms with Crippen LogP contribution in [0.2, 0.25) is 0 Å². The van der Waals surface area contributed by atoms with Crippen LogP contribution in [0.1, 0.15) is 22.8 Å². The van der Waals surface area contributed by atoms with Crippen LogP contribution in [0.4, 0.5) is 10.1 Å². The normalized spacial score (nSPS) is 14.8. The van der Waals surface area contributed by atoms with E-state index in [1.165, 1.54) is 6.07 Å². The van der Waals surface area contributed by atoms with Gasteiger partial charge in [-0.15, -0.1) is 0 Å². The summed E-state index contributed by atoms with van der Waals surface area (Å²) in [5.74, 6) is -0.471. The molecule has 5 heteroatoms. The summed E-state index contributed by atoms with van der Waals surface area (Å²) in [4.78, 5) is 11.3. The third-order valence-electron chi connectivity index (χ3n) is 3.33. The van der Waals surface area contributed by atoms with Crippen molar-refractivity contribution in [3.05, 3.63) is 63.4 Å². The smallest absolute Gasteiger partial charge is 0.228 e. The van der Waals surface area contributed by atoms with Gasteiger partial charge in [0.15, 0.2) is 0 Å². The second-order valence-corrected chi connectivity index (χ2v) is 5.57. The van der Waals surface area contributed by atoms with Crippen LogP contribution in [-0.2, 0) is 11.2 Å². The molecule has 1 amide bonds. The molecule has 0 aliphatic carbocycles. The maximum Gasteiger partial charge on any atom is 0.228 e. The molecule has 2 N–H and O–H groups in total. The summed E-state index contributed by atoms with van der Waals surface area (Å²) in [5.41, 5.74) is 2.74. The summed E-state index contributed by atoms with van der Waals surface area (Å²) in [6.45, 7) is 0. The van der Waals surface area contributed by atoms with E-state index < -0.39 is 11.9 Å². The number of fused-ring (bicyclic) bond motifs is 1. The summed E-state index contributed by atoms with van der Waals surface area (Å²) in [6, 6.07) is 9.78. The maximum absolute atomic E-state index is 13.5. The van der Waals surface area contributed by atoms with Crippen LogP contribution in [-0.4, -0.2) is 11.0 Å². The van der Waals surface area contributed by atoms with Crippen LogP contribution < -0.4 is 5.32 Å². The molecule has 2 aromatic rings. The van der Waals surface area contributed by atoms with E-state index in [2.05, 4.69) is 21.2 Å². The highest BCUT2D eigenvalue weighted by Crippen LogP contribution is 2.30. The second-order valence-electron chi connectivity index (χ2n) is 4.72. The van der Waals surface area contributed by atoms with Gasteiger partial charge in [0, 0.05) is 5.69 Å². The van der Waals surface area contributed by atoms with Crippen LogP contribution in [0.5, 0.6) is 0 Å². The number of hydrogen-bond donors (Lipinski definition) is 2. The number of carbonyl (C=O) groups is 1. The predicted molar refractivity (Wildman–Crippen MR) is 76.9 cm³/mol. The lowest BCUT2D eigenvalue weighted by Gasteiger charge is -2.13. The van der Waals surface area contributed by atoms with E-state index in [1.54, 1.807) is 30.3 Å². The number of hydrogen-bond acceptors (Lipinski definition) is 2. The molecule has 0 bridgehead atoms. The third-order valence-corrected chi connectivity index (χ3v) is 3.97. The molecule has 3 rings (SSSR count). The molecule has 0 spiro atoms. The minimum absolute atomic E-state index is 0.0543. The molecule has 102 valence electrons. The maximum atomic E-state index is 13.5. The van der Waals surface area contributed by atoms with Crippen molar-refractivity contribution >= 4 is 27.5 Å². The SMILES string of the molecule is O=C1Cc2cc(C(O)c3ccc(Br)c(F)c3)ccc2N1. The van der Waals surface area contributed by atoms with Gasteiger partial charge in [0.2, 0.25) is 5.91 Å². The van der Waals surface area contributed by atoms with E-state index in [-0.39, 0.29) is 5.91 Å². The van der Waals surface area contributed by atoms with E-state index in [1.807, 2.05) is 0 Å². The Hall–Kier alpha value is -1.72. The van der Waals surface area contributed by atoms with Gasteiger partial charge in [0.1, 0.15) is 11.9 Å². The summed E-state index contributed by atoms with van der Waals surface area (Å²) < 4.78 is 13.9. The van der Waals surface area contributed by atoms with Gasteiger partial charge in [-0.3, -0.25) is 4.79 Å². The molecule has 0 fully saturated rings. The van der Waals surface area contributed by atoms with Gasteiger partial charge >= 0.3 is 0 Å². The number of rotatable bonds is 2. The minimum Gasteiger partial charge on any atom is -0.384 e. The van der Waals surface area contributed by atoms with E-state index in [0.717, 1.165) is 11.3 Å². The van der Waals surface area contributed by atoms with E-state index in [4.69, 9.17) is 0 Å². The average Bonchev–Trinajstić information content (AvgIpc) is 2.80. The first-order valence-corrected chi connectivity index (χ1v) is 6.89. The number of aliphatic hydroxyl groups is 1. The Morgan fingerprint density at radius 3 is 2.65 bits per heavy atom. The van der Waals surface area contributed by atoms with Crippen LogP contribution in [0.15, 0.2) is 40.9 Å². The molecule has 1 atom stereocenters. The first kappa shape index (κ1) is 13.3. The van der Waals surface area contributed by atoms with Gasteiger partial charge in [0.05, 0.1) is 10.9 Å². The molecule has 1 aliphatic rings. The number of halogens is 2. The lowest BCUT2D eigenvalue weighted by Crippen LogP contribution is -2.03. The number of anilines is 1. The van der Waals surface area contributed by atoms with Crippen molar-refractivity contribution in [2.75, 3.05) is 5.32 Å². The highest BCUT2D eigenvalue weighted by molar-refractivity contribution is 9.10. The molecule has 1 unspecified atom stereocenters. The zero-order chi connectivity index (χ0) is 14.3. The fraction of sp³-hybridized carbons (Fsp3) is 0.133. The number of carbonyl (C=O) groups excluding carboxylic acids is 1. The minimum atomic E-state index is -0.918. The Balaban J connectivity index is 1.94. The largest absolute Gasteiger partial charge is 0.384 e. The zero-order valence-corrected chi connectivity index (χ0v) is 11.9. The second kappa shape index (κ2) is 5.00. The lowest BCUT2D eigenvalue weighted by atomic mass is 9.99. The monoisotopic (exact) mass is 335 g/mol. The molecule has 0 saturated carbocycles. The summed E-state index contributed by atoms with van der Waals surface area (Å²) in [6.07, 6.45) is -0.608. The van der Waals surface area contributed by atoms with E-state index in [9.17, 15) is 14.3 Å². The fourth-order valence-corrected chi connectivity index (χ4v) is 2.54. The molecular weight excluding hydrogens is 325 g/mol. The van der Waals surface area contributed by atoms with Gasteiger partial charge in [-0.2, -0.15) is 0 Å². The Morgan fingerprint density at radius 1 is 1.20 bits per heavy atom. The zero-order valence-electron chi connectivity index (χ0n) is 10.4. The summed E-state index contributed by atoms with van der Waals surface area (Å²) in [5, 5.41) is 13.1. The van der Waals surface area contributed by atoms with Gasteiger partial charge in [-0.25, -0.2) is 4.39 Å². The van der Waals surface area contributed by atoms with Crippen molar-refractivity contribution in [3.63, 3.8) is 0 Å². The van der Waals surface area contributed by atoms with E-state index in [0.29, 0.717) is 22.0 Å². The van der Waals surface area contributed by atoms with Crippen LogP contribution in [0.25, 0.3) is 0 Å². The number of benzene rings is 2. The Kier molecular flexibility index (Phi) is 3.31. The number of amides is 1. The molecule has 1 heterocycles. The van der Waals surface area contributed by atoms with Crippen LogP contribution in [0, 0.1) is 5.82 Å². The van der Waals surface area contributed by atoms with Gasteiger partial charge in [-0.05, 0) is 50.8 Å². The molecule has 0 saturated heterocycles.